The summed E-state index contributed by atoms with van der Waals surface area (Å²) >= 11 is 10.8. The molecule has 0 aromatic heterocycles. The fraction of sp³-hybridized carbons (Fsp3) is 0.579. The van der Waals surface area contributed by atoms with Gasteiger partial charge in [0, 0.05) is 29.6 Å². The molecular weight excluding hydrogens is 370 g/mol. The summed E-state index contributed by atoms with van der Waals surface area (Å²) in [6, 6.07) is 7.14. The highest BCUT2D eigenvalue weighted by Crippen LogP contribution is 2.46. The van der Waals surface area contributed by atoms with Crippen molar-refractivity contribution < 1.29 is 9.90 Å². The van der Waals surface area contributed by atoms with Crippen LogP contribution < -0.4 is 11.1 Å². The molecule has 0 saturated carbocycles. The van der Waals surface area contributed by atoms with Crippen LogP contribution in [0.3, 0.4) is 0 Å². The summed E-state index contributed by atoms with van der Waals surface area (Å²) in [6.45, 7) is 8.69. The highest BCUT2D eigenvalue weighted by Gasteiger charge is 2.50. The van der Waals surface area contributed by atoms with E-state index < -0.39 is 11.0 Å². The van der Waals surface area contributed by atoms with Crippen molar-refractivity contribution in [1.82, 2.24) is 10.2 Å². The molecule has 1 heterocycles. The summed E-state index contributed by atoms with van der Waals surface area (Å²) in [5, 5.41) is 15.2. The van der Waals surface area contributed by atoms with Gasteiger partial charge in [0.15, 0.2) is 5.11 Å². The number of hydrogen-bond donors (Lipinski definition) is 3. The lowest BCUT2D eigenvalue weighted by Gasteiger charge is -2.51. The maximum absolute atomic E-state index is 12.9. The molecule has 0 radical (unpaired) electrons. The average Bonchev–Trinajstić information content (AvgIpc) is 2.55. The van der Waals surface area contributed by atoms with Crippen molar-refractivity contribution in [3.05, 3.63) is 34.9 Å². The van der Waals surface area contributed by atoms with E-state index in [-0.39, 0.29) is 23.0 Å². The Kier molecular flexibility index (Phi) is 6.20. The zero-order valence-electron chi connectivity index (χ0n) is 15.8. The molecule has 1 saturated heterocycles. The van der Waals surface area contributed by atoms with Crippen LogP contribution in [0.15, 0.2) is 24.3 Å². The largest absolute Gasteiger partial charge is 0.384 e. The molecule has 4 N–H and O–H groups in total. The van der Waals surface area contributed by atoms with Gasteiger partial charge in [-0.3, -0.25) is 4.79 Å². The maximum atomic E-state index is 12.9. The number of carbonyl (C=O) groups excluding carboxylic acids is 1. The van der Waals surface area contributed by atoms with Crippen LogP contribution in [0.5, 0.6) is 0 Å². The average molecular weight is 398 g/mol. The zero-order valence-corrected chi connectivity index (χ0v) is 17.3. The number of likely N-dealkylation sites (tertiary alicyclic amines) is 1. The van der Waals surface area contributed by atoms with E-state index in [2.05, 4.69) is 5.32 Å². The van der Waals surface area contributed by atoms with E-state index in [0.717, 1.165) is 5.56 Å². The van der Waals surface area contributed by atoms with Crippen LogP contribution in [0.1, 0.15) is 39.7 Å². The standard InChI is InChI=1S/C19H28ClN3O2S/c1-12(13(2)22-17(21)26)16(24)23-10-9-19(25,18(3,4)11-23)14-5-7-15(20)8-6-14/h5-8,12-13,25H,9-11H2,1-4H3,(H3,21,22,26)/t12-,13?,19+/m1/s1. The number of piperidine rings is 1. The minimum atomic E-state index is -1.01. The van der Waals surface area contributed by atoms with Gasteiger partial charge < -0.3 is 21.1 Å². The zero-order chi connectivity index (χ0) is 19.7. The van der Waals surface area contributed by atoms with Crippen molar-refractivity contribution in [2.24, 2.45) is 17.1 Å². The molecule has 1 amide bonds. The second kappa shape index (κ2) is 7.71. The molecule has 0 bridgehead atoms. The molecule has 1 unspecified atom stereocenters. The third-order valence-electron chi connectivity index (χ3n) is 5.59. The third-order valence-corrected chi connectivity index (χ3v) is 5.96. The summed E-state index contributed by atoms with van der Waals surface area (Å²) in [6.07, 6.45) is 0.469. The lowest BCUT2D eigenvalue weighted by molar-refractivity contribution is -0.156. The van der Waals surface area contributed by atoms with Crippen LogP contribution >= 0.6 is 23.8 Å². The minimum absolute atomic E-state index is 0.0347. The fourth-order valence-corrected chi connectivity index (χ4v) is 3.93. The smallest absolute Gasteiger partial charge is 0.227 e. The van der Waals surface area contributed by atoms with Gasteiger partial charge in [-0.25, -0.2) is 0 Å². The molecular formula is C19H28ClN3O2S. The summed E-state index contributed by atoms with van der Waals surface area (Å²) < 4.78 is 0. The Balaban J connectivity index is 2.16. The van der Waals surface area contributed by atoms with Crippen molar-refractivity contribution in [3.8, 4) is 0 Å². The van der Waals surface area contributed by atoms with Gasteiger partial charge in [0.25, 0.3) is 0 Å². The normalized spacial score (nSPS) is 24.6. The first kappa shape index (κ1) is 20.9. The summed E-state index contributed by atoms with van der Waals surface area (Å²) in [5.41, 5.74) is 4.83. The fourth-order valence-electron chi connectivity index (χ4n) is 3.62. The molecule has 1 aromatic carbocycles. The Labute approximate surface area is 165 Å². The molecule has 26 heavy (non-hydrogen) atoms. The number of halogens is 1. The Morgan fingerprint density at radius 1 is 1.35 bits per heavy atom. The number of aliphatic hydroxyl groups is 1. The van der Waals surface area contributed by atoms with Gasteiger partial charge >= 0.3 is 0 Å². The van der Waals surface area contributed by atoms with E-state index in [4.69, 9.17) is 29.6 Å². The van der Waals surface area contributed by atoms with Gasteiger partial charge in [-0.1, -0.05) is 44.5 Å². The van der Waals surface area contributed by atoms with Crippen LogP contribution in [0.25, 0.3) is 0 Å². The Hall–Kier alpha value is -1.37. The number of carbonyl (C=O) groups is 1. The SMILES string of the molecule is CC(NC(N)=S)[C@@H](C)C(=O)N1CC[C@](O)(c2ccc(Cl)cc2)C(C)(C)C1. The lowest BCUT2D eigenvalue weighted by atomic mass is 9.66. The molecule has 5 nitrogen and oxygen atoms in total. The van der Waals surface area contributed by atoms with Crippen LogP contribution in [0, 0.1) is 11.3 Å². The van der Waals surface area contributed by atoms with Crippen LogP contribution in [0.4, 0.5) is 0 Å². The Morgan fingerprint density at radius 3 is 2.42 bits per heavy atom. The quantitative estimate of drug-likeness (QED) is 0.681. The molecule has 0 spiro atoms. The van der Waals surface area contributed by atoms with Crippen molar-refractivity contribution in [2.45, 2.75) is 45.8 Å². The lowest BCUT2D eigenvalue weighted by Crippen LogP contribution is -2.58. The second-order valence-electron chi connectivity index (χ2n) is 7.85. The van der Waals surface area contributed by atoms with E-state index in [1.54, 1.807) is 12.1 Å². The van der Waals surface area contributed by atoms with Crippen LogP contribution in [-0.4, -0.2) is 40.2 Å². The molecule has 1 fully saturated rings. The van der Waals surface area contributed by atoms with E-state index in [9.17, 15) is 9.90 Å². The first-order valence-corrected chi connectivity index (χ1v) is 9.60. The number of nitrogens with one attached hydrogen (secondary N) is 1. The number of nitrogens with zero attached hydrogens (tertiary/aromatic N) is 1. The number of nitrogens with two attached hydrogens (primary N) is 1. The van der Waals surface area contributed by atoms with E-state index in [1.807, 2.05) is 44.7 Å². The topological polar surface area (TPSA) is 78.6 Å². The Bertz CT molecular complexity index is 680. The number of thiocarbonyl (C=S) groups is 1. The van der Waals surface area contributed by atoms with Crippen molar-refractivity contribution in [3.63, 3.8) is 0 Å². The van der Waals surface area contributed by atoms with E-state index >= 15 is 0 Å². The summed E-state index contributed by atoms with van der Waals surface area (Å²) in [5.74, 6) is -0.235. The molecule has 1 aromatic rings. The highest BCUT2D eigenvalue weighted by atomic mass is 35.5. The molecule has 0 aliphatic carbocycles. The molecule has 7 heteroatoms. The van der Waals surface area contributed by atoms with Crippen LogP contribution in [-0.2, 0) is 10.4 Å². The number of benzene rings is 1. The van der Waals surface area contributed by atoms with Gasteiger partial charge in [0.1, 0.15) is 0 Å². The Morgan fingerprint density at radius 2 is 1.92 bits per heavy atom. The second-order valence-corrected chi connectivity index (χ2v) is 8.72. The van der Waals surface area contributed by atoms with Gasteiger partial charge in [0.05, 0.1) is 11.5 Å². The summed E-state index contributed by atoms with van der Waals surface area (Å²) in [7, 11) is 0. The number of amides is 1. The van der Waals surface area contributed by atoms with Gasteiger partial charge in [0.2, 0.25) is 5.91 Å². The predicted molar refractivity (Wildman–Crippen MR) is 109 cm³/mol. The first-order chi connectivity index (χ1) is 12.0. The minimum Gasteiger partial charge on any atom is -0.384 e. The maximum Gasteiger partial charge on any atom is 0.227 e. The van der Waals surface area contributed by atoms with E-state index in [1.165, 1.54) is 0 Å². The van der Waals surface area contributed by atoms with Gasteiger partial charge in [-0.2, -0.15) is 0 Å². The van der Waals surface area contributed by atoms with E-state index in [0.29, 0.717) is 24.5 Å². The molecule has 2 rings (SSSR count). The third kappa shape index (κ3) is 4.13. The monoisotopic (exact) mass is 397 g/mol. The molecule has 3 atom stereocenters. The van der Waals surface area contributed by atoms with Crippen molar-refractivity contribution >= 4 is 34.8 Å². The number of hydrogen-bond acceptors (Lipinski definition) is 3. The van der Waals surface area contributed by atoms with Gasteiger partial charge in [-0.05, 0) is 43.3 Å². The summed E-state index contributed by atoms with van der Waals surface area (Å²) in [4.78, 5) is 14.7. The first-order valence-electron chi connectivity index (χ1n) is 8.81. The number of rotatable bonds is 4. The van der Waals surface area contributed by atoms with Gasteiger partial charge in [-0.15, -0.1) is 0 Å². The molecule has 1 aliphatic heterocycles. The predicted octanol–water partition coefficient (Wildman–Crippen LogP) is 2.64. The molecule has 144 valence electrons. The van der Waals surface area contributed by atoms with Crippen LogP contribution in [0.2, 0.25) is 5.02 Å². The highest BCUT2D eigenvalue weighted by molar-refractivity contribution is 7.80. The van der Waals surface area contributed by atoms with Crippen molar-refractivity contribution in [2.75, 3.05) is 13.1 Å². The molecule has 1 aliphatic rings. The van der Waals surface area contributed by atoms with Crippen molar-refractivity contribution in [1.29, 1.82) is 0 Å².